The Balaban J connectivity index is 1.97. The normalized spacial score (nSPS) is 13.8. The molecule has 1 aliphatic rings. The molecule has 1 aromatic carbocycles. The zero-order valence-corrected chi connectivity index (χ0v) is 15.9. The van der Waals surface area contributed by atoms with Crippen LogP contribution in [0.4, 0.5) is 0 Å². The van der Waals surface area contributed by atoms with Gasteiger partial charge in [0.15, 0.2) is 18.1 Å². The van der Waals surface area contributed by atoms with Crippen molar-refractivity contribution in [3.63, 3.8) is 0 Å². The highest BCUT2D eigenvalue weighted by Crippen LogP contribution is 2.38. The van der Waals surface area contributed by atoms with Crippen LogP contribution in [-0.4, -0.2) is 81.7 Å². The fourth-order valence-corrected chi connectivity index (χ4v) is 2.77. The molecule has 0 N–H and O–H groups in total. The first-order valence-corrected chi connectivity index (χ1v) is 8.41. The molecule has 148 valence electrons. The van der Waals surface area contributed by atoms with Crippen molar-refractivity contribution in [3.8, 4) is 17.2 Å². The number of rotatable bonds is 6. The zero-order chi connectivity index (χ0) is 20.0. The van der Waals surface area contributed by atoms with Gasteiger partial charge in [-0.2, -0.15) is 0 Å². The fourth-order valence-electron chi connectivity index (χ4n) is 2.77. The molecular weight excluding hydrogens is 356 g/mol. The molecular formula is C18H24N2O7. The number of carbonyl (C=O) groups is 3. The standard InChI is InChI=1S/C18H24N2O7/c1-12(21)19-5-7-20(8-6-19)16(22)11-27-18(23)13-9-14(24-2)17(26-4)15(10-13)25-3/h9-10H,5-8,11H2,1-4H3. The fraction of sp³-hybridized carbons (Fsp3) is 0.500. The van der Waals surface area contributed by atoms with Crippen LogP contribution in [0.15, 0.2) is 12.1 Å². The van der Waals surface area contributed by atoms with Crippen LogP contribution < -0.4 is 14.2 Å². The number of methoxy groups -OCH3 is 3. The number of benzene rings is 1. The first-order valence-electron chi connectivity index (χ1n) is 8.41. The molecule has 1 aliphatic heterocycles. The van der Waals surface area contributed by atoms with Crippen molar-refractivity contribution in [3.05, 3.63) is 17.7 Å². The van der Waals surface area contributed by atoms with Gasteiger partial charge in [0.1, 0.15) is 0 Å². The van der Waals surface area contributed by atoms with Crippen LogP contribution in [0.3, 0.4) is 0 Å². The van der Waals surface area contributed by atoms with Crippen LogP contribution in [0.25, 0.3) is 0 Å². The zero-order valence-electron chi connectivity index (χ0n) is 15.9. The largest absolute Gasteiger partial charge is 0.493 e. The highest BCUT2D eigenvalue weighted by atomic mass is 16.5. The maximum absolute atomic E-state index is 12.3. The predicted octanol–water partition coefficient (Wildman–Crippen LogP) is 0.560. The van der Waals surface area contributed by atoms with Gasteiger partial charge in [0, 0.05) is 33.1 Å². The third-order valence-electron chi connectivity index (χ3n) is 4.30. The van der Waals surface area contributed by atoms with Gasteiger partial charge in [0.25, 0.3) is 5.91 Å². The monoisotopic (exact) mass is 380 g/mol. The van der Waals surface area contributed by atoms with Crippen LogP contribution in [0.1, 0.15) is 17.3 Å². The van der Waals surface area contributed by atoms with E-state index in [0.717, 1.165) is 0 Å². The van der Waals surface area contributed by atoms with Gasteiger partial charge >= 0.3 is 5.97 Å². The van der Waals surface area contributed by atoms with Gasteiger partial charge in [-0.1, -0.05) is 0 Å². The number of ether oxygens (including phenoxy) is 4. The minimum absolute atomic E-state index is 0.0177. The molecule has 1 heterocycles. The lowest BCUT2D eigenvalue weighted by Gasteiger charge is -2.34. The van der Waals surface area contributed by atoms with Crippen LogP contribution in [0.2, 0.25) is 0 Å². The third kappa shape index (κ3) is 4.81. The number of amides is 2. The van der Waals surface area contributed by atoms with Crippen LogP contribution in [-0.2, 0) is 14.3 Å². The van der Waals surface area contributed by atoms with E-state index < -0.39 is 5.97 Å². The minimum Gasteiger partial charge on any atom is -0.493 e. The van der Waals surface area contributed by atoms with Gasteiger partial charge in [-0.15, -0.1) is 0 Å². The highest BCUT2D eigenvalue weighted by molar-refractivity contribution is 5.93. The molecule has 0 bridgehead atoms. The lowest BCUT2D eigenvalue weighted by molar-refractivity contribution is -0.140. The van der Waals surface area contributed by atoms with E-state index in [-0.39, 0.29) is 24.0 Å². The average molecular weight is 380 g/mol. The Labute approximate surface area is 157 Å². The maximum atomic E-state index is 12.3. The summed E-state index contributed by atoms with van der Waals surface area (Å²) in [6, 6.07) is 2.92. The molecule has 0 aliphatic carbocycles. The molecule has 27 heavy (non-hydrogen) atoms. The second kappa shape index (κ2) is 9.11. The second-order valence-corrected chi connectivity index (χ2v) is 5.88. The first kappa shape index (κ1) is 20.3. The minimum atomic E-state index is -0.676. The average Bonchev–Trinajstić information content (AvgIpc) is 2.70. The lowest BCUT2D eigenvalue weighted by Crippen LogP contribution is -2.51. The van der Waals surface area contributed by atoms with Crippen molar-refractivity contribution >= 4 is 17.8 Å². The molecule has 0 spiro atoms. The summed E-state index contributed by atoms with van der Waals surface area (Å²) in [5.41, 5.74) is 0.179. The maximum Gasteiger partial charge on any atom is 0.338 e. The van der Waals surface area contributed by atoms with Crippen molar-refractivity contribution in [2.75, 3.05) is 54.1 Å². The van der Waals surface area contributed by atoms with Crippen molar-refractivity contribution < 1.29 is 33.3 Å². The molecule has 1 fully saturated rings. The number of hydrogen-bond acceptors (Lipinski definition) is 7. The van der Waals surface area contributed by atoms with E-state index in [1.165, 1.54) is 40.4 Å². The van der Waals surface area contributed by atoms with Gasteiger partial charge in [-0.05, 0) is 12.1 Å². The van der Waals surface area contributed by atoms with E-state index in [2.05, 4.69) is 0 Å². The summed E-state index contributed by atoms with van der Waals surface area (Å²) >= 11 is 0. The molecule has 9 nitrogen and oxygen atoms in total. The summed E-state index contributed by atoms with van der Waals surface area (Å²) < 4.78 is 20.7. The molecule has 1 aromatic rings. The summed E-state index contributed by atoms with van der Waals surface area (Å²) in [6.45, 7) is 2.90. The van der Waals surface area contributed by atoms with Gasteiger partial charge in [-0.3, -0.25) is 9.59 Å². The van der Waals surface area contributed by atoms with Crippen molar-refractivity contribution in [1.29, 1.82) is 0 Å². The summed E-state index contributed by atoms with van der Waals surface area (Å²) in [6.07, 6.45) is 0. The Kier molecular flexibility index (Phi) is 6.86. The summed E-state index contributed by atoms with van der Waals surface area (Å²) in [5.74, 6) is -0.0122. The van der Waals surface area contributed by atoms with Crippen molar-refractivity contribution in [2.45, 2.75) is 6.92 Å². The predicted molar refractivity (Wildman–Crippen MR) is 95.2 cm³/mol. The number of nitrogens with zero attached hydrogens (tertiary/aromatic N) is 2. The molecule has 0 atom stereocenters. The van der Waals surface area contributed by atoms with Gasteiger partial charge < -0.3 is 28.7 Å². The van der Waals surface area contributed by atoms with E-state index >= 15 is 0 Å². The molecule has 2 amide bonds. The Morgan fingerprint density at radius 1 is 0.889 bits per heavy atom. The van der Waals surface area contributed by atoms with E-state index in [1.807, 2.05) is 0 Å². The molecule has 0 unspecified atom stereocenters. The van der Waals surface area contributed by atoms with Crippen LogP contribution in [0.5, 0.6) is 17.2 Å². The molecule has 0 radical (unpaired) electrons. The molecule has 1 saturated heterocycles. The van der Waals surface area contributed by atoms with Crippen LogP contribution >= 0.6 is 0 Å². The number of carbonyl (C=O) groups excluding carboxylic acids is 3. The Morgan fingerprint density at radius 3 is 1.85 bits per heavy atom. The molecule has 9 heteroatoms. The van der Waals surface area contributed by atoms with Crippen molar-refractivity contribution in [2.24, 2.45) is 0 Å². The number of esters is 1. The first-order chi connectivity index (χ1) is 12.9. The van der Waals surface area contributed by atoms with Crippen molar-refractivity contribution in [1.82, 2.24) is 9.80 Å². The quantitative estimate of drug-likeness (QED) is 0.666. The van der Waals surface area contributed by atoms with Gasteiger partial charge in [-0.25, -0.2) is 4.79 Å². The smallest absolute Gasteiger partial charge is 0.338 e. The van der Waals surface area contributed by atoms with E-state index in [0.29, 0.717) is 43.4 Å². The lowest BCUT2D eigenvalue weighted by atomic mass is 10.2. The third-order valence-corrected chi connectivity index (χ3v) is 4.30. The number of hydrogen-bond donors (Lipinski definition) is 0. The molecule has 0 aromatic heterocycles. The number of piperazine rings is 1. The Morgan fingerprint density at radius 2 is 1.41 bits per heavy atom. The summed E-state index contributed by atoms with van der Waals surface area (Å²) in [4.78, 5) is 39.1. The Hall–Kier alpha value is -2.97. The topological polar surface area (TPSA) is 94.6 Å². The van der Waals surface area contributed by atoms with E-state index in [1.54, 1.807) is 9.80 Å². The van der Waals surface area contributed by atoms with Crippen LogP contribution in [0, 0.1) is 0 Å². The molecule has 2 rings (SSSR count). The summed E-state index contributed by atoms with van der Waals surface area (Å²) in [5, 5.41) is 0. The summed E-state index contributed by atoms with van der Waals surface area (Å²) in [7, 11) is 4.34. The van der Waals surface area contributed by atoms with Gasteiger partial charge in [0.2, 0.25) is 11.7 Å². The SMILES string of the molecule is COc1cc(C(=O)OCC(=O)N2CCN(C(C)=O)CC2)cc(OC)c1OC. The molecule has 0 saturated carbocycles. The van der Waals surface area contributed by atoms with Gasteiger partial charge in [0.05, 0.1) is 26.9 Å². The second-order valence-electron chi connectivity index (χ2n) is 5.88. The Bertz CT molecular complexity index is 687. The van der Waals surface area contributed by atoms with E-state index in [9.17, 15) is 14.4 Å². The highest BCUT2D eigenvalue weighted by Gasteiger charge is 2.24. The van der Waals surface area contributed by atoms with E-state index in [4.69, 9.17) is 18.9 Å².